The van der Waals surface area contributed by atoms with Crippen LogP contribution in [0.3, 0.4) is 0 Å². The van der Waals surface area contributed by atoms with E-state index in [-0.39, 0.29) is 11.9 Å². The van der Waals surface area contributed by atoms with Crippen LogP contribution in [-0.4, -0.2) is 47.1 Å². The lowest BCUT2D eigenvalue weighted by atomic mass is 10.1. The first kappa shape index (κ1) is 13.0. The molecule has 2 N–H and O–H groups in total. The predicted molar refractivity (Wildman–Crippen MR) is 60.1 cm³/mol. The number of nitrogens with one attached hydrogen (secondary N) is 1. The van der Waals surface area contributed by atoms with Gasteiger partial charge in [-0.1, -0.05) is 13.3 Å². The Morgan fingerprint density at radius 3 is 2.69 bits per heavy atom. The number of carbonyl (C=O) groups excluding carboxylic acids is 1. The third-order valence-electron chi connectivity index (χ3n) is 3.01. The van der Waals surface area contributed by atoms with E-state index < -0.39 is 12.0 Å². The quantitative estimate of drug-likeness (QED) is 0.717. The van der Waals surface area contributed by atoms with Gasteiger partial charge in [0, 0.05) is 13.5 Å². The molecule has 0 saturated carbocycles. The normalized spacial score (nSPS) is 24.4. The number of nitrogens with zero attached hydrogens (tertiary/aromatic N) is 1. The van der Waals surface area contributed by atoms with E-state index in [0.29, 0.717) is 13.1 Å². The van der Waals surface area contributed by atoms with Gasteiger partial charge in [0.1, 0.15) is 6.04 Å². The molecule has 1 aliphatic heterocycles. The molecular weight excluding hydrogens is 208 g/mol. The van der Waals surface area contributed by atoms with Crippen molar-refractivity contribution in [3.63, 3.8) is 0 Å². The Morgan fingerprint density at radius 2 is 2.19 bits per heavy atom. The van der Waals surface area contributed by atoms with Gasteiger partial charge in [0.2, 0.25) is 5.91 Å². The topological polar surface area (TPSA) is 69.6 Å². The molecule has 1 heterocycles. The number of amides is 1. The molecule has 0 aromatic heterocycles. The molecule has 16 heavy (non-hydrogen) atoms. The molecule has 1 amide bonds. The summed E-state index contributed by atoms with van der Waals surface area (Å²) in [5, 5.41) is 12.0. The highest BCUT2D eigenvalue weighted by Gasteiger charge is 2.37. The minimum atomic E-state index is -0.870. The first-order chi connectivity index (χ1) is 7.57. The van der Waals surface area contributed by atoms with Crippen LogP contribution in [0.5, 0.6) is 0 Å². The molecule has 0 aromatic rings. The van der Waals surface area contributed by atoms with Crippen molar-refractivity contribution in [2.45, 2.75) is 45.2 Å². The van der Waals surface area contributed by atoms with Gasteiger partial charge in [0.25, 0.3) is 0 Å². The van der Waals surface area contributed by atoms with Gasteiger partial charge < -0.3 is 15.3 Å². The number of rotatable bonds is 5. The van der Waals surface area contributed by atoms with Gasteiger partial charge in [-0.15, -0.1) is 0 Å². The second kappa shape index (κ2) is 5.84. The predicted octanol–water partition coefficient (Wildman–Crippen LogP) is 0.450. The highest BCUT2D eigenvalue weighted by molar-refractivity contribution is 5.78. The van der Waals surface area contributed by atoms with Gasteiger partial charge in [-0.05, 0) is 19.4 Å². The van der Waals surface area contributed by atoms with Gasteiger partial charge in [0.05, 0.1) is 6.04 Å². The van der Waals surface area contributed by atoms with Gasteiger partial charge in [-0.2, -0.15) is 0 Å². The van der Waals surface area contributed by atoms with Crippen LogP contribution in [0, 0.1) is 0 Å². The SMILES string of the molecule is CCCCN(C(C)=O)C1CCN[C@@H]1C(=O)O. The summed E-state index contributed by atoms with van der Waals surface area (Å²) >= 11 is 0. The average molecular weight is 228 g/mol. The highest BCUT2D eigenvalue weighted by Crippen LogP contribution is 2.16. The van der Waals surface area contributed by atoms with Crippen molar-refractivity contribution in [2.75, 3.05) is 13.1 Å². The maximum absolute atomic E-state index is 11.5. The first-order valence-corrected chi connectivity index (χ1v) is 5.81. The van der Waals surface area contributed by atoms with Crippen LogP contribution in [0.15, 0.2) is 0 Å². The van der Waals surface area contributed by atoms with Crippen LogP contribution in [0.4, 0.5) is 0 Å². The number of carboxylic acids is 1. The second-order valence-corrected chi connectivity index (χ2v) is 4.19. The van der Waals surface area contributed by atoms with E-state index in [4.69, 9.17) is 5.11 Å². The van der Waals surface area contributed by atoms with Crippen LogP contribution in [0.25, 0.3) is 0 Å². The van der Waals surface area contributed by atoms with Crippen molar-refractivity contribution >= 4 is 11.9 Å². The molecule has 1 rings (SSSR count). The molecule has 0 radical (unpaired) electrons. The Labute approximate surface area is 95.8 Å². The molecule has 0 bridgehead atoms. The van der Waals surface area contributed by atoms with Gasteiger partial charge >= 0.3 is 5.97 Å². The van der Waals surface area contributed by atoms with Crippen molar-refractivity contribution in [3.05, 3.63) is 0 Å². The second-order valence-electron chi connectivity index (χ2n) is 4.19. The molecule has 1 unspecified atom stereocenters. The summed E-state index contributed by atoms with van der Waals surface area (Å²) in [6.45, 7) is 4.88. The monoisotopic (exact) mass is 228 g/mol. The first-order valence-electron chi connectivity index (χ1n) is 5.81. The van der Waals surface area contributed by atoms with Gasteiger partial charge in [-0.25, -0.2) is 0 Å². The van der Waals surface area contributed by atoms with Crippen molar-refractivity contribution in [1.82, 2.24) is 10.2 Å². The van der Waals surface area contributed by atoms with Crippen molar-refractivity contribution in [1.29, 1.82) is 0 Å². The van der Waals surface area contributed by atoms with E-state index in [0.717, 1.165) is 19.3 Å². The summed E-state index contributed by atoms with van der Waals surface area (Å²) in [6.07, 6.45) is 2.64. The molecule has 0 spiro atoms. The zero-order chi connectivity index (χ0) is 12.1. The lowest BCUT2D eigenvalue weighted by Gasteiger charge is -2.30. The van der Waals surface area contributed by atoms with E-state index in [1.807, 2.05) is 0 Å². The molecule has 92 valence electrons. The molecule has 5 heteroatoms. The van der Waals surface area contributed by atoms with E-state index in [1.54, 1.807) is 4.90 Å². The summed E-state index contributed by atoms with van der Waals surface area (Å²) in [4.78, 5) is 24.2. The Balaban J connectivity index is 2.69. The molecule has 2 atom stereocenters. The molecule has 0 aromatic carbocycles. The summed E-state index contributed by atoms with van der Waals surface area (Å²) in [7, 11) is 0. The lowest BCUT2D eigenvalue weighted by molar-refractivity contribution is -0.142. The third kappa shape index (κ3) is 2.95. The standard InChI is InChI=1S/C11H20N2O3/c1-3-4-7-13(8(2)14)9-5-6-12-10(9)11(15)16/h9-10,12H,3-7H2,1-2H3,(H,15,16)/t9?,10-/m0/s1. The molecular formula is C11H20N2O3. The van der Waals surface area contributed by atoms with E-state index in [9.17, 15) is 9.59 Å². The van der Waals surface area contributed by atoms with Crippen LogP contribution in [-0.2, 0) is 9.59 Å². The number of carboxylic acid groups (broad SMARTS) is 1. The average Bonchev–Trinajstić information content (AvgIpc) is 2.66. The van der Waals surface area contributed by atoms with Crippen molar-refractivity contribution < 1.29 is 14.7 Å². The number of aliphatic carboxylic acids is 1. The number of hydrogen-bond donors (Lipinski definition) is 2. The largest absolute Gasteiger partial charge is 0.480 e. The minimum Gasteiger partial charge on any atom is -0.480 e. The van der Waals surface area contributed by atoms with Crippen LogP contribution in [0.1, 0.15) is 33.1 Å². The Hall–Kier alpha value is -1.10. The fraction of sp³-hybridized carbons (Fsp3) is 0.818. The van der Waals surface area contributed by atoms with Gasteiger partial charge in [-0.3, -0.25) is 9.59 Å². The number of carbonyl (C=O) groups is 2. The van der Waals surface area contributed by atoms with E-state index in [2.05, 4.69) is 12.2 Å². The maximum atomic E-state index is 11.5. The molecule has 1 aliphatic rings. The van der Waals surface area contributed by atoms with E-state index >= 15 is 0 Å². The highest BCUT2D eigenvalue weighted by atomic mass is 16.4. The van der Waals surface area contributed by atoms with Crippen LogP contribution in [0.2, 0.25) is 0 Å². The maximum Gasteiger partial charge on any atom is 0.322 e. The Bertz CT molecular complexity index is 268. The minimum absolute atomic E-state index is 0.0339. The molecule has 1 fully saturated rings. The molecule has 1 saturated heterocycles. The van der Waals surface area contributed by atoms with E-state index in [1.165, 1.54) is 6.92 Å². The third-order valence-corrected chi connectivity index (χ3v) is 3.01. The van der Waals surface area contributed by atoms with Crippen molar-refractivity contribution in [2.24, 2.45) is 0 Å². The van der Waals surface area contributed by atoms with Gasteiger partial charge in [0.15, 0.2) is 0 Å². The fourth-order valence-electron chi connectivity index (χ4n) is 2.16. The summed E-state index contributed by atoms with van der Waals surface area (Å²) in [6, 6.07) is -0.803. The molecule has 5 nitrogen and oxygen atoms in total. The lowest BCUT2D eigenvalue weighted by Crippen LogP contribution is -2.50. The summed E-state index contributed by atoms with van der Waals surface area (Å²) < 4.78 is 0. The Morgan fingerprint density at radius 1 is 1.50 bits per heavy atom. The summed E-state index contributed by atoms with van der Waals surface area (Å²) in [5.41, 5.74) is 0. The van der Waals surface area contributed by atoms with Crippen molar-refractivity contribution in [3.8, 4) is 0 Å². The Kier molecular flexibility index (Phi) is 4.73. The van der Waals surface area contributed by atoms with Crippen LogP contribution < -0.4 is 5.32 Å². The number of unbranched alkanes of at least 4 members (excludes halogenated alkanes) is 1. The molecule has 0 aliphatic carbocycles. The zero-order valence-corrected chi connectivity index (χ0v) is 9.90. The fourth-order valence-corrected chi connectivity index (χ4v) is 2.16. The number of hydrogen-bond acceptors (Lipinski definition) is 3. The zero-order valence-electron chi connectivity index (χ0n) is 9.90. The summed E-state index contributed by atoms with van der Waals surface area (Å²) in [5.74, 6) is -0.904. The van der Waals surface area contributed by atoms with Crippen LogP contribution >= 0.6 is 0 Å². The smallest absolute Gasteiger partial charge is 0.322 e.